The van der Waals surface area contributed by atoms with Gasteiger partial charge in [-0.15, -0.1) is 11.6 Å². The van der Waals surface area contributed by atoms with Gasteiger partial charge in [-0.2, -0.15) is 0 Å². The minimum atomic E-state index is -0.241. The molecule has 134 valence electrons. The summed E-state index contributed by atoms with van der Waals surface area (Å²) in [5.41, 5.74) is 0. The number of carbonyl (C=O) groups excluding carboxylic acids is 1. The van der Waals surface area contributed by atoms with Gasteiger partial charge in [0.05, 0.1) is 12.2 Å². The number of carbonyl (C=O) groups is 1. The largest absolute Gasteiger partial charge is 0.461 e. The van der Waals surface area contributed by atoms with Crippen molar-refractivity contribution in [2.75, 3.05) is 13.2 Å². The van der Waals surface area contributed by atoms with Crippen molar-refractivity contribution >= 4 is 17.6 Å². The van der Waals surface area contributed by atoms with Crippen molar-refractivity contribution < 1.29 is 14.3 Å². The molecule has 0 radical (unpaired) electrons. The van der Waals surface area contributed by atoms with E-state index in [1.165, 1.54) is 19.3 Å². The first kappa shape index (κ1) is 19.0. The van der Waals surface area contributed by atoms with Crippen LogP contribution in [0.25, 0.3) is 0 Å². The Labute approximate surface area is 145 Å². The molecule has 5 unspecified atom stereocenters. The molecule has 1 aliphatic heterocycles. The Morgan fingerprint density at radius 2 is 2.13 bits per heavy atom. The van der Waals surface area contributed by atoms with Gasteiger partial charge in [0.2, 0.25) is 0 Å². The van der Waals surface area contributed by atoms with E-state index < -0.39 is 0 Å². The number of alkyl halides is 1. The van der Waals surface area contributed by atoms with Crippen LogP contribution in [0.3, 0.4) is 0 Å². The van der Waals surface area contributed by atoms with E-state index in [-0.39, 0.29) is 36.2 Å². The van der Waals surface area contributed by atoms with Gasteiger partial charge in [-0.3, -0.25) is 0 Å². The fourth-order valence-corrected chi connectivity index (χ4v) is 4.24. The lowest BCUT2D eigenvalue weighted by Crippen LogP contribution is -2.55. The lowest BCUT2D eigenvalue weighted by Gasteiger charge is -2.44. The lowest BCUT2D eigenvalue weighted by molar-refractivity contribution is -0.158. The normalized spacial score (nSPS) is 32.1. The zero-order chi connectivity index (χ0) is 16.7. The van der Waals surface area contributed by atoms with E-state index in [2.05, 4.69) is 12.2 Å². The number of nitrogens with one attached hydrogen (secondary N) is 1. The molecular weight excluding hydrogens is 314 g/mol. The van der Waals surface area contributed by atoms with Crippen LogP contribution in [0, 0.1) is 5.92 Å². The number of unbranched alkanes of at least 4 members (excludes halogenated alkanes) is 2. The zero-order valence-corrected chi connectivity index (χ0v) is 15.3. The summed E-state index contributed by atoms with van der Waals surface area (Å²) < 4.78 is 11.3. The maximum atomic E-state index is 12.0. The first-order chi connectivity index (χ1) is 11.1. The molecule has 2 aliphatic rings. The molecule has 2 fully saturated rings. The van der Waals surface area contributed by atoms with Crippen LogP contribution < -0.4 is 5.32 Å². The van der Waals surface area contributed by atoms with Crippen LogP contribution in [0.2, 0.25) is 0 Å². The average molecular weight is 346 g/mol. The minimum absolute atomic E-state index is 0.0169. The highest BCUT2D eigenvalue weighted by atomic mass is 35.5. The first-order valence-corrected chi connectivity index (χ1v) is 9.74. The van der Waals surface area contributed by atoms with Gasteiger partial charge in [0, 0.05) is 11.4 Å². The van der Waals surface area contributed by atoms with Crippen molar-refractivity contribution in [3.05, 3.63) is 0 Å². The van der Waals surface area contributed by atoms with Gasteiger partial charge in [0.15, 0.2) is 0 Å². The second-order valence-corrected chi connectivity index (χ2v) is 7.59. The average Bonchev–Trinajstić information content (AvgIpc) is 2.55. The molecule has 23 heavy (non-hydrogen) atoms. The highest BCUT2D eigenvalue weighted by Gasteiger charge is 2.40. The summed E-state index contributed by atoms with van der Waals surface area (Å²) >= 11 is 6.46. The summed E-state index contributed by atoms with van der Waals surface area (Å²) in [6, 6.07) is 0.287. The van der Waals surface area contributed by atoms with Gasteiger partial charge in [-0.25, -0.2) is 4.79 Å². The predicted molar refractivity (Wildman–Crippen MR) is 92.8 cm³/mol. The number of esters is 1. The first-order valence-electron chi connectivity index (χ1n) is 9.30. The van der Waals surface area contributed by atoms with E-state index in [4.69, 9.17) is 21.1 Å². The van der Waals surface area contributed by atoms with Crippen molar-refractivity contribution in [1.82, 2.24) is 5.32 Å². The van der Waals surface area contributed by atoms with Crippen molar-refractivity contribution in [2.45, 2.75) is 88.8 Å². The molecule has 1 heterocycles. The Kier molecular flexibility index (Phi) is 8.14. The topological polar surface area (TPSA) is 47.6 Å². The van der Waals surface area contributed by atoms with Gasteiger partial charge in [-0.05, 0) is 57.9 Å². The second kappa shape index (κ2) is 9.85. The maximum absolute atomic E-state index is 12.0. The van der Waals surface area contributed by atoms with Crippen LogP contribution in [-0.4, -0.2) is 42.7 Å². The Bertz CT molecular complexity index is 366. The quantitative estimate of drug-likeness (QED) is 0.414. The van der Waals surface area contributed by atoms with E-state index in [0.29, 0.717) is 5.92 Å². The number of piperidine rings is 1. The van der Waals surface area contributed by atoms with Crippen molar-refractivity contribution in [3.63, 3.8) is 0 Å². The molecule has 5 atom stereocenters. The Hall–Kier alpha value is -0.320. The number of halogens is 1. The van der Waals surface area contributed by atoms with Crippen molar-refractivity contribution in [3.8, 4) is 0 Å². The highest BCUT2D eigenvalue weighted by Crippen LogP contribution is 2.35. The lowest BCUT2D eigenvalue weighted by atomic mass is 9.77. The SMILES string of the molecule is CCCCCC(C)OC(=O)COC1CCC(Cl)C2CCCNC12. The molecule has 4 nitrogen and oxygen atoms in total. The van der Waals surface area contributed by atoms with Crippen molar-refractivity contribution in [2.24, 2.45) is 5.92 Å². The van der Waals surface area contributed by atoms with Crippen LogP contribution in [0.1, 0.15) is 65.2 Å². The van der Waals surface area contributed by atoms with E-state index >= 15 is 0 Å². The van der Waals surface area contributed by atoms with Crippen LogP contribution in [0.5, 0.6) is 0 Å². The number of hydrogen-bond acceptors (Lipinski definition) is 4. The van der Waals surface area contributed by atoms with Crippen LogP contribution in [0.4, 0.5) is 0 Å². The number of fused-ring (bicyclic) bond motifs is 1. The third-order valence-electron chi connectivity index (χ3n) is 5.11. The molecule has 0 spiro atoms. The summed E-state index contributed by atoms with van der Waals surface area (Å²) in [6.45, 7) is 5.21. The van der Waals surface area contributed by atoms with Crippen molar-refractivity contribution in [1.29, 1.82) is 0 Å². The smallest absolute Gasteiger partial charge is 0.332 e. The second-order valence-electron chi connectivity index (χ2n) is 7.03. The molecule has 0 bridgehead atoms. The fourth-order valence-electron chi connectivity index (χ4n) is 3.83. The van der Waals surface area contributed by atoms with Gasteiger partial charge in [0.25, 0.3) is 0 Å². The molecule has 0 amide bonds. The van der Waals surface area contributed by atoms with Gasteiger partial charge in [-0.1, -0.05) is 19.8 Å². The maximum Gasteiger partial charge on any atom is 0.332 e. The summed E-state index contributed by atoms with van der Waals surface area (Å²) in [7, 11) is 0. The van der Waals surface area contributed by atoms with Gasteiger partial charge >= 0.3 is 5.97 Å². The molecule has 1 aliphatic carbocycles. The molecular formula is C18H32ClNO3. The third kappa shape index (κ3) is 5.91. The van der Waals surface area contributed by atoms with Crippen LogP contribution in [0.15, 0.2) is 0 Å². The summed E-state index contributed by atoms with van der Waals surface area (Å²) in [4.78, 5) is 12.0. The number of rotatable bonds is 8. The molecule has 0 aromatic carbocycles. The van der Waals surface area contributed by atoms with E-state index in [0.717, 1.165) is 38.6 Å². The highest BCUT2D eigenvalue weighted by molar-refractivity contribution is 6.20. The Balaban J connectivity index is 1.71. The fraction of sp³-hybridized carbons (Fsp3) is 0.944. The van der Waals surface area contributed by atoms with E-state index in [1.807, 2.05) is 6.92 Å². The molecule has 5 heteroatoms. The van der Waals surface area contributed by atoms with Crippen LogP contribution >= 0.6 is 11.6 Å². The summed E-state index contributed by atoms with van der Waals surface area (Å²) in [6.07, 6.45) is 8.70. The Morgan fingerprint density at radius 3 is 2.91 bits per heavy atom. The molecule has 0 aromatic rings. The predicted octanol–water partition coefficient (Wildman–Crippen LogP) is 3.65. The number of ether oxygens (including phenoxy) is 2. The third-order valence-corrected chi connectivity index (χ3v) is 5.65. The number of hydrogen-bond donors (Lipinski definition) is 1. The molecule has 1 saturated carbocycles. The molecule has 1 saturated heterocycles. The van der Waals surface area contributed by atoms with Gasteiger partial charge < -0.3 is 14.8 Å². The van der Waals surface area contributed by atoms with Gasteiger partial charge in [0.1, 0.15) is 6.61 Å². The Morgan fingerprint density at radius 1 is 1.30 bits per heavy atom. The molecule has 1 N–H and O–H groups in total. The molecule has 0 aromatic heterocycles. The summed E-state index contributed by atoms with van der Waals surface area (Å²) in [5, 5.41) is 3.77. The van der Waals surface area contributed by atoms with Crippen LogP contribution in [-0.2, 0) is 14.3 Å². The molecule has 2 rings (SSSR count). The summed E-state index contributed by atoms with van der Waals surface area (Å²) in [5.74, 6) is 0.225. The minimum Gasteiger partial charge on any atom is -0.461 e. The van der Waals surface area contributed by atoms with E-state index in [9.17, 15) is 4.79 Å². The monoisotopic (exact) mass is 345 g/mol. The standard InChI is InChI=1S/C18H32ClNO3/c1-3-4-5-7-13(2)23-17(21)12-22-16-10-9-15(19)14-8-6-11-20-18(14)16/h13-16,18,20H,3-12H2,1-2H3. The van der Waals surface area contributed by atoms with E-state index in [1.54, 1.807) is 0 Å². The zero-order valence-electron chi connectivity index (χ0n) is 14.6.